The molecule has 2 N–H and O–H groups in total. The molecule has 0 spiro atoms. The van der Waals surface area contributed by atoms with Crippen LogP contribution in [0.3, 0.4) is 0 Å². The Hall–Kier alpha value is -2.14. The van der Waals surface area contributed by atoms with E-state index >= 15 is 0 Å². The lowest BCUT2D eigenvalue weighted by atomic mass is 10.1. The van der Waals surface area contributed by atoms with E-state index in [1.165, 1.54) is 10.6 Å². The van der Waals surface area contributed by atoms with E-state index in [2.05, 4.69) is 4.99 Å². The molecule has 0 fully saturated rings. The van der Waals surface area contributed by atoms with Crippen LogP contribution in [-0.4, -0.2) is 30.3 Å². The minimum absolute atomic E-state index is 0.0126. The van der Waals surface area contributed by atoms with Gasteiger partial charge in [0.05, 0.1) is 11.9 Å². The molecule has 0 bridgehead atoms. The van der Waals surface area contributed by atoms with Crippen LogP contribution in [0.1, 0.15) is 11.1 Å². The first-order chi connectivity index (χ1) is 8.65. The van der Waals surface area contributed by atoms with Gasteiger partial charge in [-0.15, -0.1) is 0 Å². The second-order valence-corrected chi connectivity index (χ2v) is 4.03. The lowest BCUT2D eigenvalue weighted by Crippen LogP contribution is -2.30. The van der Waals surface area contributed by atoms with Gasteiger partial charge in [0, 0.05) is 11.8 Å². The molecule has 5 heteroatoms. The molecule has 0 radical (unpaired) electrons. The van der Waals surface area contributed by atoms with Gasteiger partial charge in [0.25, 0.3) is 0 Å². The maximum absolute atomic E-state index is 10.9. The van der Waals surface area contributed by atoms with Crippen molar-refractivity contribution in [3.8, 4) is 0 Å². The van der Waals surface area contributed by atoms with Gasteiger partial charge in [-0.2, -0.15) is 0 Å². The average Bonchev–Trinajstić information content (AvgIpc) is 2.55. The fraction of sp³-hybridized carbons (Fsp3) is 0.231. The number of primary amides is 1. The van der Waals surface area contributed by atoms with E-state index in [0.29, 0.717) is 6.61 Å². The predicted octanol–water partition coefficient (Wildman–Crippen LogP) is 1.10. The molecule has 18 heavy (non-hydrogen) atoms. The Morgan fingerprint density at radius 3 is 2.83 bits per heavy atom. The minimum Gasteiger partial charge on any atom is -0.368 e. The molecular weight excluding hydrogens is 230 g/mol. The molecule has 1 heterocycles. The SMILES string of the molecule is Cc1ccc(C2=CN(CC(N)=O)OCC=N2)cc1. The molecule has 1 amide bonds. The molecule has 0 unspecified atom stereocenters. The van der Waals surface area contributed by atoms with Crippen LogP contribution in [0.25, 0.3) is 5.70 Å². The number of aryl methyl sites for hydroxylation is 1. The van der Waals surface area contributed by atoms with Gasteiger partial charge in [0.2, 0.25) is 5.91 Å². The highest BCUT2D eigenvalue weighted by atomic mass is 16.7. The number of hydrogen-bond donors (Lipinski definition) is 1. The predicted molar refractivity (Wildman–Crippen MR) is 69.5 cm³/mol. The van der Waals surface area contributed by atoms with Crippen molar-refractivity contribution in [3.05, 3.63) is 41.6 Å². The largest absolute Gasteiger partial charge is 0.368 e. The third-order valence-electron chi connectivity index (χ3n) is 2.47. The molecule has 0 aromatic heterocycles. The summed E-state index contributed by atoms with van der Waals surface area (Å²) in [6, 6.07) is 7.98. The van der Waals surface area contributed by atoms with Crippen molar-refractivity contribution >= 4 is 17.8 Å². The van der Waals surface area contributed by atoms with E-state index in [1.54, 1.807) is 12.4 Å². The Bertz CT molecular complexity index is 491. The Balaban J connectivity index is 2.25. The van der Waals surface area contributed by atoms with Gasteiger partial charge in [0.15, 0.2) is 0 Å². The number of rotatable bonds is 3. The first kappa shape index (κ1) is 12.3. The Labute approximate surface area is 106 Å². The average molecular weight is 245 g/mol. The van der Waals surface area contributed by atoms with Gasteiger partial charge in [-0.25, -0.2) is 5.06 Å². The summed E-state index contributed by atoms with van der Waals surface area (Å²) in [7, 11) is 0. The number of amides is 1. The van der Waals surface area contributed by atoms with Gasteiger partial charge in [-0.05, 0) is 6.92 Å². The molecule has 5 nitrogen and oxygen atoms in total. The summed E-state index contributed by atoms with van der Waals surface area (Å²) in [4.78, 5) is 20.5. The van der Waals surface area contributed by atoms with E-state index in [0.717, 1.165) is 11.3 Å². The van der Waals surface area contributed by atoms with Crippen LogP contribution in [-0.2, 0) is 9.63 Å². The summed E-state index contributed by atoms with van der Waals surface area (Å²) in [5.41, 5.74) is 8.04. The van der Waals surface area contributed by atoms with Crippen molar-refractivity contribution in [3.63, 3.8) is 0 Å². The lowest BCUT2D eigenvalue weighted by Gasteiger charge is -2.16. The molecular formula is C13H15N3O2. The van der Waals surface area contributed by atoms with Gasteiger partial charge in [-0.3, -0.25) is 14.6 Å². The van der Waals surface area contributed by atoms with Crippen molar-refractivity contribution in [1.29, 1.82) is 0 Å². The van der Waals surface area contributed by atoms with Crippen LogP contribution in [0.4, 0.5) is 0 Å². The topological polar surface area (TPSA) is 67.9 Å². The molecule has 0 saturated carbocycles. The first-order valence-corrected chi connectivity index (χ1v) is 5.64. The second kappa shape index (κ2) is 5.46. The molecule has 94 valence electrons. The lowest BCUT2D eigenvalue weighted by molar-refractivity contribution is -0.135. The summed E-state index contributed by atoms with van der Waals surface area (Å²) >= 11 is 0. The number of aliphatic imine (C=N–C) groups is 1. The monoisotopic (exact) mass is 245 g/mol. The van der Waals surface area contributed by atoms with Crippen LogP contribution < -0.4 is 5.73 Å². The number of hydroxylamine groups is 2. The Morgan fingerprint density at radius 1 is 1.44 bits per heavy atom. The van der Waals surface area contributed by atoms with Gasteiger partial charge in [-0.1, -0.05) is 29.8 Å². The zero-order valence-corrected chi connectivity index (χ0v) is 10.2. The van der Waals surface area contributed by atoms with Crippen LogP contribution in [0.15, 0.2) is 35.5 Å². The third kappa shape index (κ3) is 3.18. The van der Waals surface area contributed by atoms with E-state index < -0.39 is 5.91 Å². The molecule has 2 rings (SSSR count). The summed E-state index contributed by atoms with van der Waals surface area (Å²) in [5, 5.41) is 1.41. The van der Waals surface area contributed by atoms with E-state index in [-0.39, 0.29) is 6.54 Å². The highest BCUT2D eigenvalue weighted by molar-refractivity contribution is 5.78. The van der Waals surface area contributed by atoms with Crippen LogP contribution in [0.2, 0.25) is 0 Å². The zero-order valence-electron chi connectivity index (χ0n) is 10.2. The summed E-state index contributed by atoms with van der Waals surface area (Å²) < 4.78 is 0. The molecule has 1 aliphatic heterocycles. The molecule has 1 aromatic rings. The molecule has 0 aliphatic carbocycles. The van der Waals surface area contributed by atoms with Crippen molar-refractivity contribution in [2.24, 2.45) is 10.7 Å². The number of carbonyl (C=O) groups excluding carboxylic acids is 1. The smallest absolute Gasteiger partial charge is 0.239 e. The minimum atomic E-state index is -0.448. The van der Waals surface area contributed by atoms with Crippen molar-refractivity contribution < 1.29 is 9.63 Å². The molecule has 1 aliphatic rings. The maximum Gasteiger partial charge on any atom is 0.239 e. The maximum atomic E-state index is 10.9. The number of nitrogens with two attached hydrogens (primary N) is 1. The normalized spacial score (nSPS) is 15.2. The van der Waals surface area contributed by atoms with Gasteiger partial charge < -0.3 is 5.73 Å². The first-order valence-electron chi connectivity index (χ1n) is 5.64. The number of benzene rings is 1. The number of hydrogen-bond acceptors (Lipinski definition) is 4. The van der Waals surface area contributed by atoms with Crippen molar-refractivity contribution in [1.82, 2.24) is 5.06 Å². The van der Waals surface area contributed by atoms with Gasteiger partial charge in [0.1, 0.15) is 13.2 Å². The third-order valence-corrected chi connectivity index (χ3v) is 2.47. The standard InChI is InChI=1S/C13H15N3O2/c1-10-2-4-11(5-3-10)12-8-16(9-13(14)17)18-7-6-15-12/h2-6,8H,7,9H2,1H3,(H2,14,17). The Kier molecular flexibility index (Phi) is 3.74. The van der Waals surface area contributed by atoms with Crippen LogP contribution in [0, 0.1) is 6.92 Å². The fourth-order valence-corrected chi connectivity index (χ4v) is 1.59. The quantitative estimate of drug-likeness (QED) is 0.867. The highest BCUT2D eigenvalue weighted by Crippen LogP contribution is 2.18. The number of carbonyl (C=O) groups is 1. The van der Waals surface area contributed by atoms with Gasteiger partial charge >= 0.3 is 0 Å². The highest BCUT2D eigenvalue weighted by Gasteiger charge is 2.10. The summed E-state index contributed by atoms with van der Waals surface area (Å²) in [6.07, 6.45) is 3.34. The van der Waals surface area contributed by atoms with Crippen LogP contribution in [0.5, 0.6) is 0 Å². The number of nitrogens with zero attached hydrogens (tertiary/aromatic N) is 2. The summed E-state index contributed by atoms with van der Waals surface area (Å²) in [5.74, 6) is -0.448. The fourth-order valence-electron chi connectivity index (χ4n) is 1.59. The van der Waals surface area contributed by atoms with E-state index in [1.807, 2.05) is 31.2 Å². The Morgan fingerprint density at radius 2 is 2.17 bits per heavy atom. The van der Waals surface area contributed by atoms with E-state index in [4.69, 9.17) is 10.6 Å². The molecule has 1 aromatic carbocycles. The van der Waals surface area contributed by atoms with E-state index in [9.17, 15) is 4.79 Å². The summed E-state index contributed by atoms with van der Waals surface area (Å²) in [6.45, 7) is 2.36. The van der Waals surface area contributed by atoms with Crippen molar-refractivity contribution in [2.45, 2.75) is 6.92 Å². The second-order valence-electron chi connectivity index (χ2n) is 4.03. The van der Waals surface area contributed by atoms with Crippen LogP contribution >= 0.6 is 0 Å². The van der Waals surface area contributed by atoms with Crippen molar-refractivity contribution in [2.75, 3.05) is 13.2 Å². The molecule has 0 atom stereocenters. The molecule has 0 saturated heterocycles. The zero-order chi connectivity index (χ0) is 13.0.